The van der Waals surface area contributed by atoms with Crippen LogP contribution in [0.5, 0.6) is 11.5 Å². The maximum absolute atomic E-state index is 13.8. The number of aromatic amines is 2. The number of hydrogen-bond donors (Lipinski definition) is 2. The second kappa shape index (κ2) is 5.74. The molecule has 0 aliphatic carbocycles. The van der Waals surface area contributed by atoms with E-state index in [0.717, 1.165) is 33.1 Å². The minimum atomic E-state index is -0.392. The van der Waals surface area contributed by atoms with Gasteiger partial charge in [0.15, 0.2) is 11.6 Å². The standard InChI is InChI=1S/C21H14FN3O/c22-17-6-2-4-8-20(17)26-13-9-10-15-19(11-13)24-25-21(15)16-12-23-18-7-3-1-5-14(16)18/h1-12,23H,(H,24,25). The van der Waals surface area contributed by atoms with Crippen molar-refractivity contribution in [2.24, 2.45) is 0 Å². The van der Waals surface area contributed by atoms with Crippen LogP contribution >= 0.6 is 0 Å². The Morgan fingerprint density at radius 1 is 0.846 bits per heavy atom. The van der Waals surface area contributed by atoms with Crippen LogP contribution in [0.15, 0.2) is 72.9 Å². The fourth-order valence-corrected chi connectivity index (χ4v) is 3.19. The van der Waals surface area contributed by atoms with Crippen LogP contribution in [0.4, 0.5) is 4.39 Å². The molecule has 0 fully saturated rings. The van der Waals surface area contributed by atoms with Crippen molar-refractivity contribution in [2.45, 2.75) is 0 Å². The number of aromatic nitrogens is 3. The number of rotatable bonds is 3. The van der Waals surface area contributed by atoms with Gasteiger partial charge in [0.2, 0.25) is 0 Å². The van der Waals surface area contributed by atoms with E-state index in [4.69, 9.17) is 4.74 Å². The SMILES string of the molecule is Fc1ccccc1Oc1ccc2c(-c3c[nH]c4ccccc34)n[nH]c2c1. The lowest BCUT2D eigenvalue weighted by Crippen LogP contribution is -1.87. The monoisotopic (exact) mass is 343 g/mol. The molecule has 26 heavy (non-hydrogen) atoms. The third kappa shape index (κ3) is 2.33. The number of nitrogens with one attached hydrogen (secondary N) is 2. The van der Waals surface area contributed by atoms with E-state index in [0.29, 0.717) is 5.75 Å². The smallest absolute Gasteiger partial charge is 0.165 e. The molecule has 5 rings (SSSR count). The molecule has 0 saturated carbocycles. The van der Waals surface area contributed by atoms with E-state index in [-0.39, 0.29) is 5.75 Å². The lowest BCUT2D eigenvalue weighted by molar-refractivity contribution is 0.443. The molecule has 0 spiro atoms. The predicted octanol–water partition coefficient (Wildman–Crippen LogP) is 5.64. The largest absolute Gasteiger partial charge is 0.454 e. The molecule has 2 aromatic heterocycles. The zero-order valence-electron chi connectivity index (χ0n) is 13.7. The van der Waals surface area contributed by atoms with Gasteiger partial charge in [-0.15, -0.1) is 0 Å². The van der Waals surface area contributed by atoms with E-state index in [1.54, 1.807) is 18.2 Å². The molecule has 5 heteroatoms. The molecule has 5 aromatic rings. The highest BCUT2D eigenvalue weighted by molar-refractivity contribution is 6.03. The van der Waals surface area contributed by atoms with Gasteiger partial charge < -0.3 is 9.72 Å². The van der Waals surface area contributed by atoms with Gasteiger partial charge in [-0.3, -0.25) is 5.10 Å². The van der Waals surface area contributed by atoms with Crippen molar-refractivity contribution in [3.63, 3.8) is 0 Å². The lowest BCUT2D eigenvalue weighted by Gasteiger charge is -2.06. The number of nitrogens with zero attached hydrogens (tertiary/aromatic N) is 1. The van der Waals surface area contributed by atoms with E-state index < -0.39 is 5.82 Å². The van der Waals surface area contributed by atoms with Crippen LogP contribution in [-0.2, 0) is 0 Å². The number of benzene rings is 3. The number of fused-ring (bicyclic) bond motifs is 2. The van der Waals surface area contributed by atoms with Crippen molar-refractivity contribution in [3.8, 4) is 22.8 Å². The minimum Gasteiger partial charge on any atom is -0.454 e. The lowest BCUT2D eigenvalue weighted by atomic mass is 10.1. The number of hydrogen-bond acceptors (Lipinski definition) is 2. The molecule has 0 unspecified atom stereocenters. The first-order chi connectivity index (χ1) is 12.8. The first-order valence-electron chi connectivity index (χ1n) is 8.26. The number of H-pyrrole nitrogens is 2. The van der Waals surface area contributed by atoms with Crippen LogP contribution in [0, 0.1) is 5.82 Å². The summed E-state index contributed by atoms with van der Waals surface area (Å²) < 4.78 is 19.4. The highest BCUT2D eigenvalue weighted by Gasteiger charge is 2.13. The Balaban J connectivity index is 1.57. The van der Waals surface area contributed by atoms with Crippen LogP contribution in [0.1, 0.15) is 0 Å². The number of para-hydroxylation sites is 2. The van der Waals surface area contributed by atoms with Gasteiger partial charge in [0, 0.05) is 34.1 Å². The summed E-state index contributed by atoms with van der Waals surface area (Å²) in [5.74, 6) is 0.358. The quantitative estimate of drug-likeness (QED) is 0.445. The van der Waals surface area contributed by atoms with Crippen molar-refractivity contribution in [1.29, 1.82) is 0 Å². The second-order valence-electron chi connectivity index (χ2n) is 6.06. The number of ether oxygens (including phenoxy) is 1. The zero-order valence-corrected chi connectivity index (χ0v) is 13.7. The summed E-state index contributed by atoms with van der Waals surface area (Å²) in [6.45, 7) is 0. The fraction of sp³-hybridized carbons (Fsp3) is 0. The molecular formula is C21H14FN3O. The van der Waals surface area contributed by atoms with Gasteiger partial charge >= 0.3 is 0 Å². The Morgan fingerprint density at radius 3 is 2.62 bits per heavy atom. The Hall–Kier alpha value is -3.60. The Bertz CT molecular complexity index is 1240. The highest BCUT2D eigenvalue weighted by atomic mass is 19.1. The average Bonchev–Trinajstić information content (AvgIpc) is 3.27. The normalized spacial score (nSPS) is 11.3. The topological polar surface area (TPSA) is 53.7 Å². The molecule has 0 radical (unpaired) electrons. The van der Waals surface area contributed by atoms with Crippen molar-refractivity contribution < 1.29 is 9.13 Å². The third-order valence-corrected chi connectivity index (χ3v) is 4.44. The maximum Gasteiger partial charge on any atom is 0.165 e. The molecule has 126 valence electrons. The Kier molecular flexibility index (Phi) is 3.25. The summed E-state index contributed by atoms with van der Waals surface area (Å²) in [5.41, 5.74) is 3.81. The van der Waals surface area contributed by atoms with Gasteiger partial charge in [-0.05, 0) is 30.3 Å². The van der Waals surface area contributed by atoms with Gasteiger partial charge in [-0.25, -0.2) is 4.39 Å². The molecule has 2 heterocycles. The van der Waals surface area contributed by atoms with Crippen LogP contribution in [0.2, 0.25) is 0 Å². The van der Waals surface area contributed by atoms with E-state index in [9.17, 15) is 4.39 Å². The Morgan fingerprint density at radius 2 is 1.69 bits per heavy atom. The molecule has 0 atom stereocenters. The number of halogens is 1. The van der Waals surface area contributed by atoms with Crippen LogP contribution in [0.3, 0.4) is 0 Å². The molecular weight excluding hydrogens is 329 g/mol. The summed E-state index contributed by atoms with van der Waals surface area (Å²) in [4.78, 5) is 3.27. The minimum absolute atomic E-state index is 0.197. The molecule has 2 N–H and O–H groups in total. The van der Waals surface area contributed by atoms with Gasteiger partial charge in [-0.2, -0.15) is 5.10 Å². The van der Waals surface area contributed by atoms with Crippen LogP contribution in [-0.4, -0.2) is 15.2 Å². The van der Waals surface area contributed by atoms with E-state index >= 15 is 0 Å². The van der Waals surface area contributed by atoms with Crippen LogP contribution < -0.4 is 4.74 Å². The summed E-state index contributed by atoms with van der Waals surface area (Å²) in [6.07, 6.45) is 1.96. The maximum atomic E-state index is 13.8. The van der Waals surface area contributed by atoms with E-state index in [1.807, 2.05) is 42.6 Å². The van der Waals surface area contributed by atoms with Gasteiger partial charge in [-0.1, -0.05) is 30.3 Å². The molecule has 4 nitrogen and oxygen atoms in total. The summed E-state index contributed by atoms with van der Waals surface area (Å²) in [5, 5.41) is 9.62. The summed E-state index contributed by atoms with van der Waals surface area (Å²) in [6, 6.07) is 20.0. The zero-order chi connectivity index (χ0) is 17.5. The van der Waals surface area contributed by atoms with Crippen molar-refractivity contribution in [3.05, 3.63) is 78.7 Å². The molecule has 0 saturated heterocycles. The summed E-state index contributed by atoms with van der Waals surface area (Å²) >= 11 is 0. The first-order valence-corrected chi connectivity index (χ1v) is 8.26. The van der Waals surface area contributed by atoms with E-state index in [2.05, 4.69) is 21.2 Å². The Labute approximate surface area is 148 Å². The summed E-state index contributed by atoms with van der Waals surface area (Å²) in [7, 11) is 0. The fourth-order valence-electron chi connectivity index (χ4n) is 3.19. The van der Waals surface area contributed by atoms with Crippen molar-refractivity contribution in [2.75, 3.05) is 0 Å². The molecule has 0 amide bonds. The predicted molar refractivity (Wildman–Crippen MR) is 99.9 cm³/mol. The molecule has 3 aromatic carbocycles. The molecule has 0 aliphatic heterocycles. The van der Waals surface area contributed by atoms with Gasteiger partial charge in [0.05, 0.1) is 5.52 Å². The van der Waals surface area contributed by atoms with Crippen molar-refractivity contribution in [1.82, 2.24) is 15.2 Å². The van der Waals surface area contributed by atoms with Gasteiger partial charge in [0.25, 0.3) is 0 Å². The first kappa shape index (κ1) is 14.7. The third-order valence-electron chi connectivity index (χ3n) is 4.44. The molecule has 0 aliphatic rings. The average molecular weight is 343 g/mol. The molecule has 0 bridgehead atoms. The van der Waals surface area contributed by atoms with Crippen molar-refractivity contribution >= 4 is 21.8 Å². The van der Waals surface area contributed by atoms with Gasteiger partial charge in [0.1, 0.15) is 11.4 Å². The van der Waals surface area contributed by atoms with E-state index in [1.165, 1.54) is 6.07 Å². The highest BCUT2D eigenvalue weighted by Crippen LogP contribution is 2.34. The second-order valence-corrected chi connectivity index (χ2v) is 6.06. The van der Waals surface area contributed by atoms with Crippen LogP contribution in [0.25, 0.3) is 33.1 Å².